The second-order valence-electron chi connectivity index (χ2n) is 19.8. The number of quaternary nitrogens is 1. The zero-order valence-electron chi connectivity index (χ0n) is 45.3. The van der Waals surface area contributed by atoms with E-state index in [1.54, 1.807) is 0 Å². The van der Waals surface area contributed by atoms with E-state index in [2.05, 4.69) is 99.0 Å². The van der Waals surface area contributed by atoms with Crippen molar-refractivity contribution in [2.45, 2.75) is 238 Å². The lowest BCUT2D eigenvalue weighted by molar-refractivity contribution is -0.870. The Balaban J connectivity index is 5.46. The quantitative estimate of drug-likeness (QED) is 0.0156. The predicted octanol–water partition coefficient (Wildman–Crippen LogP) is 16.7. The van der Waals surface area contributed by atoms with Crippen molar-refractivity contribution in [3.8, 4) is 0 Å². The molecule has 0 aromatic rings. The van der Waals surface area contributed by atoms with Crippen molar-refractivity contribution in [1.82, 2.24) is 5.32 Å². The van der Waals surface area contributed by atoms with E-state index >= 15 is 0 Å². The first kappa shape index (κ1) is 66.2. The number of ether oxygens (including phenoxy) is 1. The maximum atomic E-state index is 13.5. The van der Waals surface area contributed by atoms with Crippen LogP contribution in [0.25, 0.3) is 0 Å². The molecule has 0 aromatic carbocycles. The van der Waals surface area contributed by atoms with Crippen LogP contribution in [0.5, 0.6) is 0 Å². The van der Waals surface area contributed by atoms with Gasteiger partial charge in [-0.3, -0.25) is 18.6 Å². The molecule has 9 nitrogen and oxygen atoms in total. The van der Waals surface area contributed by atoms with E-state index in [0.717, 1.165) is 96.3 Å². The number of esters is 1. The van der Waals surface area contributed by atoms with E-state index in [0.29, 0.717) is 30.3 Å². The number of likely N-dealkylation sites (N-methyl/N-ethyl adjacent to an activating group) is 1. The van der Waals surface area contributed by atoms with Crippen LogP contribution in [-0.2, 0) is 27.9 Å². The molecule has 0 rings (SSSR count). The van der Waals surface area contributed by atoms with Crippen LogP contribution in [0.3, 0.4) is 0 Å². The molecular weight excluding hydrogens is 880 g/mol. The zero-order chi connectivity index (χ0) is 50.8. The van der Waals surface area contributed by atoms with Gasteiger partial charge in [0.2, 0.25) is 5.91 Å². The second kappa shape index (κ2) is 48.8. The van der Waals surface area contributed by atoms with Gasteiger partial charge in [-0.25, -0.2) is 4.57 Å². The Labute approximate surface area is 425 Å². The summed E-state index contributed by atoms with van der Waals surface area (Å²) in [6.45, 7) is 6.80. The molecule has 1 amide bonds. The van der Waals surface area contributed by atoms with Crippen molar-refractivity contribution < 1.29 is 37.3 Å². The highest BCUT2D eigenvalue weighted by Crippen LogP contribution is 2.43. The van der Waals surface area contributed by atoms with Crippen LogP contribution in [0.4, 0.5) is 0 Å². The van der Waals surface area contributed by atoms with Crippen LogP contribution < -0.4 is 5.32 Å². The number of nitrogens with zero attached hydrogens (tertiary/aromatic N) is 1. The van der Waals surface area contributed by atoms with Gasteiger partial charge in [0.25, 0.3) is 0 Å². The number of hydrogen-bond donors (Lipinski definition) is 2. The van der Waals surface area contributed by atoms with Gasteiger partial charge in [-0.15, -0.1) is 0 Å². The molecular formula is C59H106N2O7P+. The topological polar surface area (TPSA) is 111 Å². The van der Waals surface area contributed by atoms with Crippen LogP contribution in [0.15, 0.2) is 85.1 Å². The summed E-state index contributed by atoms with van der Waals surface area (Å²) >= 11 is 0. The number of phosphoric acid groups is 1. The molecule has 0 bridgehead atoms. The molecule has 2 N–H and O–H groups in total. The summed E-state index contributed by atoms with van der Waals surface area (Å²) in [6, 6.07) is -0.871. The van der Waals surface area contributed by atoms with Crippen molar-refractivity contribution in [1.29, 1.82) is 0 Å². The highest BCUT2D eigenvalue weighted by molar-refractivity contribution is 7.47. The average molecular weight is 986 g/mol. The minimum atomic E-state index is -4.46. The number of rotatable bonds is 49. The molecule has 0 heterocycles. The number of carbonyl (C=O) groups is 2. The van der Waals surface area contributed by atoms with E-state index < -0.39 is 20.0 Å². The van der Waals surface area contributed by atoms with E-state index in [-0.39, 0.29) is 31.5 Å². The maximum absolute atomic E-state index is 13.5. The van der Waals surface area contributed by atoms with Gasteiger partial charge < -0.3 is 19.4 Å². The average Bonchev–Trinajstić information content (AvgIpc) is 3.31. The van der Waals surface area contributed by atoms with Crippen molar-refractivity contribution in [2.75, 3.05) is 40.9 Å². The number of hydrogen-bond acceptors (Lipinski definition) is 6. The van der Waals surface area contributed by atoms with E-state index in [1.165, 1.54) is 83.5 Å². The third-order valence-corrected chi connectivity index (χ3v) is 12.9. The first-order valence-corrected chi connectivity index (χ1v) is 29.4. The fraction of sp³-hybridized carbons (Fsp3) is 0.729. The molecule has 0 aliphatic rings. The lowest BCUT2D eigenvalue weighted by Gasteiger charge is -2.27. The first-order chi connectivity index (χ1) is 33.4. The molecule has 0 aromatic heterocycles. The molecule has 0 saturated heterocycles. The normalized spacial score (nSPS) is 14.5. The molecule has 10 heteroatoms. The molecule has 3 atom stereocenters. The largest absolute Gasteiger partial charge is 0.472 e. The van der Waals surface area contributed by atoms with Gasteiger partial charge in [0, 0.05) is 12.8 Å². The third-order valence-electron chi connectivity index (χ3n) is 11.9. The van der Waals surface area contributed by atoms with Crippen molar-refractivity contribution in [2.24, 2.45) is 0 Å². The minimum Gasteiger partial charge on any atom is -0.456 e. The van der Waals surface area contributed by atoms with Crippen molar-refractivity contribution >= 4 is 19.7 Å². The zero-order valence-corrected chi connectivity index (χ0v) is 46.2. The number of carbonyl (C=O) groups excluding carboxylic acids is 2. The van der Waals surface area contributed by atoms with Crippen LogP contribution in [-0.4, -0.2) is 74.3 Å². The molecule has 69 heavy (non-hydrogen) atoms. The van der Waals surface area contributed by atoms with E-state index in [9.17, 15) is 19.0 Å². The van der Waals surface area contributed by atoms with Crippen LogP contribution >= 0.6 is 7.82 Å². The SMILES string of the molecule is CC/C=C/C=C/C=C\CCCCCCCC(=O)OC(/C=C\CCCCCCCCCCCCC)C(COP(=O)(O)OCC[N+](C)(C)C)NC(=O)CCCCCC/C=C\C/C=C\C/C=C\CCCCC. The Morgan fingerprint density at radius 1 is 0.536 bits per heavy atom. The summed E-state index contributed by atoms with van der Waals surface area (Å²) in [4.78, 5) is 37.5. The molecule has 0 fully saturated rings. The van der Waals surface area contributed by atoms with Crippen LogP contribution in [0.1, 0.15) is 226 Å². The first-order valence-electron chi connectivity index (χ1n) is 27.9. The molecule has 0 saturated carbocycles. The summed E-state index contributed by atoms with van der Waals surface area (Å²) in [5.74, 6) is -0.559. The van der Waals surface area contributed by atoms with Gasteiger partial charge in [-0.1, -0.05) is 209 Å². The van der Waals surface area contributed by atoms with Crippen LogP contribution in [0, 0.1) is 0 Å². The van der Waals surface area contributed by atoms with Gasteiger partial charge >= 0.3 is 13.8 Å². The van der Waals surface area contributed by atoms with Gasteiger partial charge in [-0.2, -0.15) is 0 Å². The number of nitrogens with one attached hydrogen (secondary N) is 1. The number of unbranched alkanes of at least 4 members (excludes halogenated alkanes) is 23. The number of amides is 1. The Morgan fingerprint density at radius 2 is 0.986 bits per heavy atom. The molecule has 398 valence electrons. The van der Waals surface area contributed by atoms with Crippen LogP contribution in [0.2, 0.25) is 0 Å². The third kappa shape index (κ3) is 49.9. The summed E-state index contributed by atoms with van der Waals surface area (Å²) in [6.07, 6.45) is 62.9. The Bertz CT molecular complexity index is 1460. The van der Waals surface area contributed by atoms with E-state index in [1.807, 2.05) is 33.3 Å². The Morgan fingerprint density at radius 3 is 1.54 bits per heavy atom. The van der Waals surface area contributed by atoms with Gasteiger partial charge in [0.1, 0.15) is 19.3 Å². The van der Waals surface area contributed by atoms with Gasteiger partial charge in [0.15, 0.2) is 0 Å². The molecule has 0 radical (unpaired) electrons. The van der Waals surface area contributed by atoms with E-state index in [4.69, 9.17) is 13.8 Å². The van der Waals surface area contributed by atoms with Crippen molar-refractivity contribution in [3.05, 3.63) is 85.1 Å². The monoisotopic (exact) mass is 986 g/mol. The second-order valence-corrected chi connectivity index (χ2v) is 21.2. The lowest BCUT2D eigenvalue weighted by atomic mass is 10.0. The summed E-state index contributed by atoms with van der Waals surface area (Å²) < 4.78 is 30.5. The Hall–Kier alpha value is -2.81. The van der Waals surface area contributed by atoms with Crippen molar-refractivity contribution in [3.63, 3.8) is 0 Å². The molecule has 0 aliphatic carbocycles. The molecule has 3 unspecified atom stereocenters. The fourth-order valence-corrected chi connectivity index (χ4v) is 8.27. The minimum absolute atomic E-state index is 0.0283. The van der Waals surface area contributed by atoms with Gasteiger partial charge in [0.05, 0.1) is 33.8 Å². The summed E-state index contributed by atoms with van der Waals surface area (Å²) in [7, 11) is 1.46. The number of phosphoric ester groups is 1. The molecule has 0 aliphatic heterocycles. The number of allylic oxidation sites excluding steroid dienone is 13. The highest BCUT2D eigenvalue weighted by Gasteiger charge is 2.30. The smallest absolute Gasteiger partial charge is 0.456 e. The fourth-order valence-electron chi connectivity index (χ4n) is 7.53. The summed E-state index contributed by atoms with van der Waals surface area (Å²) in [5, 5.41) is 3.03. The summed E-state index contributed by atoms with van der Waals surface area (Å²) in [5.41, 5.74) is 0. The Kier molecular flexibility index (Phi) is 46.8. The van der Waals surface area contributed by atoms with Gasteiger partial charge in [-0.05, 0) is 89.5 Å². The highest BCUT2D eigenvalue weighted by atomic mass is 31.2. The molecule has 0 spiro atoms. The lowest BCUT2D eigenvalue weighted by Crippen LogP contribution is -2.47. The predicted molar refractivity (Wildman–Crippen MR) is 295 cm³/mol. The maximum Gasteiger partial charge on any atom is 0.472 e. The standard InChI is InChI=1S/C59H105N2O7P/c1-7-10-13-16-19-22-25-28-29-30-31-34-36-39-42-45-48-51-58(62)60-56(55-67-69(64,65)66-54-53-61(4,5)6)57(50-47-44-41-38-35-32-26-23-20-17-14-11-8-2)68-59(63)52-49-46-43-40-37-33-27-24-21-18-15-12-9-3/h12,15,18-19,21-22,24,27-29,31,34,47,50,56-57H,7-11,13-14,16-17,20,23,25-26,30,32-33,35-46,48-49,51-55H2,1-6H3,(H-,60,62,64,65)/p+1/b15-12+,21-18+,22-19-,27-24-,29-28-,34-31-,50-47-.